The fourth-order valence-corrected chi connectivity index (χ4v) is 3.45. The molecular weight excluding hydrogens is 402 g/mol. The van der Waals surface area contributed by atoms with Crippen molar-refractivity contribution >= 4 is 10.9 Å². The molecule has 0 aliphatic carbocycles. The number of aromatic nitrogens is 5. The Kier molecular flexibility index (Phi) is 6.29. The second-order valence-electron chi connectivity index (χ2n) is 7.61. The van der Waals surface area contributed by atoms with E-state index in [1.54, 1.807) is 17.9 Å². The quantitative estimate of drug-likeness (QED) is 0.394. The van der Waals surface area contributed by atoms with Crippen LogP contribution in [0, 0.1) is 11.3 Å². The smallest absolute Gasteiger partial charge is 0.150 e. The molecular formula is C24H25N7O. The molecule has 0 atom stereocenters. The molecule has 0 spiro atoms. The van der Waals surface area contributed by atoms with Crippen LogP contribution in [0.3, 0.4) is 0 Å². The van der Waals surface area contributed by atoms with Gasteiger partial charge in [0.1, 0.15) is 23.2 Å². The highest BCUT2D eigenvalue weighted by Gasteiger charge is 2.13. The van der Waals surface area contributed by atoms with E-state index in [0.717, 1.165) is 36.3 Å². The van der Waals surface area contributed by atoms with Gasteiger partial charge in [0.2, 0.25) is 0 Å². The van der Waals surface area contributed by atoms with E-state index in [2.05, 4.69) is 69.4 Å². The normalized spacial score (nSPS) is 10.9. The van der Waals surface area contributed by atoms with Gasteiger partial charge in [-0.25, -0.2) is 9.67 Å². The highest BCUT2D eigenvalue weighted by Crippen LogP contribution is 2.24. The minimum atomic E-state index is 0.286. The number of ether oxygens (including phenoxy) is 1. The van der Waals surface area contributed by atoms with Gasteiger partial charge < -0.3 is 15.0 Å². The van der Waals surface area contributed by atoms with Crippen LogP contribution in [0.5, 0.6) is 5.75 Å². The lowest BCUT2D eigenvalue weighted by molar-refractivity contribution is 0.413. The van der Waals surface area contributed by atoms with Crippen LogP contribution in [0.4, 0.5) is 0 Å². The van der Waals surface area contributed by atoms with E-state index >= 15 is 0 Å². The molecule has 3 aromatic heterocycles. The molecule has 0 saturated carbocycles. The summed E-state index contributed by atoms with van der Waals surface area (Å²) in [5, 5.41) is 22.4. The lowest BCUT2D eigenvalue weighted by Crippen LogP contribution is -2.16. The van der Waals surface area contributed by atoms with E-state index in [0.29, 0.717) is 23.6 Å². The molecule has 0 amide bonds. The first-order chi connectivity index (χ1) is 15.6. The third-order valence-electron chi connectivity index (χ3n) is 5.30. The van der Waals surface area contributed by atoms with Crippen molar-refractivity contribution in [1.29, 1.82) is 5.26 Å². The minimum Gasteiger partial charge on any atom is -0.495 e. The van der Waals surface area contributed by atoms with Crippen molar-refractivity contribution < 1.29 is 4.74 Å². The molecule has 3 heterocycles. The van der Waals surface area contributed by atoms with E-state index in [4.69, 9.17) is 4.74 Å². The summed E-state index contributed by atoms with van der Waals surface area (Å²) in [6.45, 7) is 8.29. The average molecular weight is 428 g/mol. The molecule has 8 heteroatoms. The monoisotopic (exact) mass is 427 g/mol. The molecule has 0 radical (unpaired) electrons. The topological polar surface area (TPSA) is 104 Å². The summed E-state index contributed by atoms with van der Waals surface area (Å²) in [7, 11) is 1.56. The molecule has 4 aromatic rings. The summed E-state index contributed by atoms with van der Waals surface area (Å²) in [4.78, 5) is 7.61. The van der Waals surface area contributed by atoms with Crippen LogP contribution in [0.15, 0.2) is 54.9 Å². The average Bonchev–Trinajstić information content (AvgIpc) is 3.44. The Morgan fingerprint density at radius 2 is 2.19 bits per heavy atom. The van der Waals surface area contributed by atoms with Gasteiger partial charge in [0.15, 0.2) is 0 Å². The summed E-state index contributed by atoms with van der Waals surface area (Å²) in [5.41, 5.74) is 5.98. The summed E-state index contributed by atoms with van der Waals surface area (Å²) in [6.07, 6.45) is 4.31. The van der Waals surface area contributed by atoms with Crippen molar-refractivity contribution in [3.63, 3.8) is 0 Å². The largest absolute Gasteiger partial charge is 0.495 e. The number of benzene rings is 1. The molecule has 0 aliphatic heterocycles. The van der Waals surface area contributed by atoms with Gasteiger partial charge in [-0.1, -0.05) is 36.4 Å². The molecule has 162 valence electrons. The zero-order valence-electron chi connectivity index (χ0n) is 18.2. The van der Waals surface area contributed by atoms with Gasteiger partial charge in [-0.2, -0.15) is 5.26 Å². The Morgan fingerprint density at radius 1 is 1.31 bits per heavy atom. The Morgan fingerprint density at radius 3 is 2.97 bits per heavy atom. The van der Waals surface area contributed by atoms with E-state index < -0.39 is 0 Å². The Labute approximate surface area is 186 Å². The first-order valence-electron chi connectivity index (χ1n) is 10.4. The van der Waals surface area contributed by atoms with E-state index in [-0.39, 0.29) is 5.69 Å². The number of hydrogen-bond acceptors (Lipinski definition) is 6. The molecule has 8 nitrogen and oxygen atoms in total. The number of nitrogens with zero attached hydrogens (tertiary/aromatic N) is 5. The number of fused-ring (bicyclic) bond motifs is 1. The fraction of sp³-hybridized carbons (Fsp3) is 0.250. The maximum atomic E-state index is 9.36. The van der Waals surface area contributed by atoms with Crippen LogP contribution >= 0.6 is 0 Å². The zero-order chi connectivity index (χ0) is 22.5. The molecule has 0 unspecified atom stereocenters. The molecule has 4 rings (SSSR count). The van der Waals surface area contributed by atoms with Gasteiger partial charge in [-0.05, 0) is 35.6 Å². The number of rotatable bonds is 9. The summed E-state index contributed by atoms with van der Waals surface area (Å²) in [6, 6.07) is 12.3. The Bertz CT molecular complexity index is 1300. The van der Waals surface area contributed by atoms with Crippen molar-refractivity contribution in [2.24, 2.45) is 0 Å². The Balaban J connectivity index is 1.49. The third-order valence-corrected chi connectivity index (χ3v) is 5.30. The van der Waals surface area contributed by atoms with Crippen LogP contribution < -0.4 is 10.1 Å². The van der Waals surface area contributed by atoms with Crippen molar-refractivity contribution in [2.75, 3.05) is 13.7 Å². The first kappa shape index (κ1) is 21.3. The first-order valence-corrected chi connectivity index (χ1v) is 10.4. The van der Waals surface area contributed by atoms with Gasteiger partial charge in [0.05, 0.1) is 26.0 Å². The second kappa shape index (κ2) is 9.45. The summed E-state index contributed by atoms with van der Waals surface area (Å²) < 4.78 is 6.97. The maximum Gasteiger partial charge on any atom is 0.150 e. The number of hydrogen-bond donors (Lipinski definition) is 2. The predicted octanol–water partition coefficient (Wildman–Crippen LogP) is 3.81. The van der Waals surface area contributed by atoms with E-state index in [9.17, 15) is 5.26 Å². The van der Waals surface area contributed by atoms with Crippen LogP contribution in [0.1, 0.15) is 30.3 Å². The number of nitriles is 1. The van der Waals surface area contributed by atoms with Crippen molar-refractivity contribution in [3.05, 3.63) is 71.8 Å². The van der Waals surface area contributed by atoms with Crippen LogP contribution in [0.25, 0.3) is 22.2 Å². The number of methoxy groups -OCH3 is 1. The third kappa shape index (κ3) is 4.68. The summed E-state index contributed by atoms with van der Waals surface area (Å²) in [5.74, 6) is 0.565. The molecule has 0 fully saturated rings. The molecule has 32 heavy (non-hydrogen) atoms. The van der Waals surface area contributed by atoms with Crippen LogP contribution in [-0.2, 0) is 13.1 Å². The zero-order valence-corrected chi connectivity index (χ0v) is 18.2. The van der Waals surface area contributed by atoms with Gasteiger partial charge >= 0.3 is 0 Å². The lowest BCUT2D eigenvalue weighted by atomic mass is 10.1. The standard InChI is InChI=1S/C24H25N7O/c1-4-16(2)11-26-12-19-8-18-6-5-17(7-22(18)28-19)14-31-15-24(29-30-31)21-9-20(32-3)13-27-23(21)10-25/h5-9,13,15,26,28H,2,4,11-12,14H2,1,3H3. The van der Waals surface area contributed by atoms with Crippen molar-refractivity contribution in [3.8, 4) is 23.1 Å². The van der Waals surface area contributed by atoms with Gasteiger partial charge in [0, 0.05) is 29.9 Å². The number of nitrogens with one attached hydrogen (secondary N) is 2. The van der Waals surface area contributed by atoms with Crippen molar-refractivity contribution in [1.82, 2.24) is 30.3 Å². The lowest BCUT2D eigenvalue weighted by Gasteiger charge is -2.04. The molecule has 0 aliphatic rings. The number of H-pyrrole nitrogens is 1. The predicted molar refractivity (Wildman–Crippen MR) is 123 cm³/mol. The highest BCUT2D eigenvalue weighted by molar-refractivity contribution is 5.81. The molecule has 1 aromatic carbocycles. The molecule has 0 saturated heterocycles. The van der Waals surface area contributed by atoms with Gasteiger partial charge in [0.25, 0.3) is 0 Å². The second-order valence-corrected chi connectivity index (χ2v) is 7.61. The Hall–Kier alpha value is -3.96. The molecule has 2 N–H and O–H groups in total. The van der Waals surface area contributed by atoms with E-state index in [1.807, 2.05) is 6.20 Å². The number of aromatic amines is 1. The van der Waals surface area contributed by atoms with Crippen LogP contribution in [-0.4, -0.2) is 38.6 Å². The number of pyridine rings is 1. The fourth-order valence-electron chi connectivity index (χ4n) is 3.45. The van der Waals surface area contributed by atoms with Gasteiger partial charge in [-0.15, -0.1) is 5.10 Å². The van der Waals surface area contributed by atoms with E-state index in [1.165, 1.54) is 17.2 Å². The van der Waals surface area contributed by atoms with Crippen LogP contribution in [0.2, 0.25) is 0 Å². The summed E-state index contributed by atoms with van der Waals surface area (Å²) >= 11 is 0. The molecule has 0 bridgehead atoms. The maximum absolute atomic E-state index is 9.36. The highest BCUT2D eigenvalue weighted by atomic mass is 16.5. The van der Waals surface area contributed by atoms with Crippen molar-refractivity contribution in [2.45, 2.75) is 26.4 Å². The SMILES string of the molecule is C=C(CC)CNCc1cc2ccc(Cn3cc(-c4cc(OC)cnc4C#N)nn3)cc2[nH]1. The van der Waals surface area contributed by atoms with Gasteiger partial charge in [-0.3, -0.25) is 0 Å². The minimum absolute atomic E-state index is 0.286.